The molecule has 0 aliphatic carbocycles. The van der Waals surface area contributed by atoms with Crippen LogP contribution in [0.4, 0.5) is 0 Å². The largest absolute Gasteiger partial charge is 0.497 e. The highest BCUT2D eigenvalue weighted by Crippen LogP contribution is 2.18. The Balaban J connectivity index is 0.00000320. The second-order valence-corrected chi connectivity index (χ2v) is 7.66. The lowest BCUT2D eigenvalue weighted by atomic mass is 10.1. The zero-order chi connectivity index (χ0) is 20.8. The Morgan fingerprint density at radius 1 is 1.23 bits per heavy atom. The molecule has 1 aliphatic rings. The molecular weight excluding hydrogens is 495 g/mol. The fourth-order valence-electron chi connectivity index (χ4n) is 3.25. The summed E-state index contributed by atoms with van der Waals surface area (Å²) in [6.07, 6.45) is 1.92. The van der Waals surface area contributed by atoms with E-state index >= 15 is 0 Å². The summed E-state index contributed by atoms with van der Waals surface area (Å²) in [7, 11) is 3.44. The van der Waals surface area contributed by atoms with Crippen molar-refractivity contribution in [3.63, 3.8) is 0 Å². The van der Waals surface area contributed by atoms with Crippen LogP contribution in [-0.4, -0.2) is 53.6 Å². The van der Waals surface area contributed by atoms with Gasteiger partial charge in [0.1, 0.15) is 23.4 Å². The number of fused-ring (bicyclic) bond motifs is 1. The first-order valence-electron chi connectivity index (χ1n) is 10.2. The van der Waals surface area contributed by atoms with Crippen LogP contribution in [0, 0.1) is 0 Å². The van der Waals surface area contributed by atoms with E-state index in [4.69, 9.17) is 9.47 Å². The van der Waals surface area contributed by atoms with Crippen molar-refractivity contribution in [3.05, 3.63) is 35.9 Å². The first-order chi connectivity index (χ1) is 14.0. The third-order valence-electron chi connectivity index (χ3n) is 4.91. The SMILES string of the molecule is CN=C(NCC(C)Oc1ccc(OC)cc1)NC1CCc2nc(C(C)C)nn2C1.I. The molecule has 0 spiro atoms. The van der Waals surface area contributed by atoms with Crippen LogP contribution < -0.4 is 20.1 Å². The molecule has 0 saturated carbocycles. The van der Waals surface area contributed by atoms with Crippen LogP contribution in [0.3, 0.4) is 0 Å². The molecule has 2 N–H and O–H groups in total. The molecule has 0 saturated heterocycles. The minimum absolute atomic E-state index is 0. The Bertz CT molecular complexity index is 821. The van der Waals surface area contributed by atoms with Gasteiger partial charge in [-0.1, -0.05) is 13.8 Å². The number of rotatable bonds is 7. The van der Waals surface area contributed by atoms with Gasteiger partial charge in [-0.3, -0.25) is 4.99 Å². The molecule has 1 aliphatic heterocycles. The van der Waals surface area contributed by atoms with Crippen LogP contribution in [0.5, 0.6) is 11.5 Å². The van der Waals surface area contributed by atoms with Gasteiger partial charge >= 0.3 is 0 Å². The molecular formula is C21H33IN6O2. The van der Waals surface area contributed by atoms with Gasteiger partial charge in [-0.25, -0.2) is 9.67 Å². The Kier molecular flexibility index (Phi) is 9.19. The normalized spacial score (nSPS) is 17.0. The van der Waals surface area contributed by atoms with E-state index in [1.54, 1.807) is 14.2 Å². The highest BCUT2D eigenvalue weighted by molar-refractivity contribution is 14.0. The van der Waals surface area contributed by atoms with E-state index in [2.05, 4.69) is 39.6 Å². The summed E-state index contributed by atoms with van der Waals surface area (Å²) in [5.74, 6) is 4.75. The molecule has 2 unspecified atom stereocenters. The summed E-state index contributed by atoms with van der Waals surface area (Å²) >= 11 is 0. The van der Waals surface area contributed by atoms with Crippen molar-refractivity contribution >= 4 is 29.9 Å². The number of methoxy groups -OCH3 is 1. The second-order valence-electron chi connectivity index (χ2n) is 7.66. The fourth-order valence-corrected chi connectivity index (χ4v) is 3.25. The van der Waals surface area contributed by atoms with Crippen LogP contribution >= 0.6 is 24.0 Å². The molecule has 30 heavy (non-hydrogen) atoms. The predicted octanol–water partition coefficient (Wildman–Crippen LogP) is 2.98. The molecule has 166 valence electrons. The van der Waals surface area contributed by atoms with Gasteiger partial charge in [0.2, 0.25) is 0 Å². The summed E-state index contributed by atoms with van der Waals surface area (Å²) in [6.45, 7) is 7.72. The predicted molar refractivity (Wildman–Crippen MR) is 129 cm³/mol. The van der Waals surface area contributed by atoms with E-state index in [-0.39, 0.29) is 36.1 Å². The first-order valence-corrected chi connectivity index (χ1v) is 10.2. The summed E-state index contributed by atoms with van der Waals surface area (Å²) in [4.78, 5) is 9.00. The van der Waals surface area contributed by atoms with E-state index in [9.17, 15) is 0 Å². The quantitative estimate of drug-likeness (QED) is 0.327. The first kappa shape index (κ1) is 24.2. The summed E-state index contributed by atoms with van der Waals surface area (Å²) in [6, 6.07) is 7.87. The van der Waals surface area contributed by atoms with Crippen molar-refractivity contribution in [1.82, 2.24) is 25.4 Å². The van der Waals surface area contributed by atoms with Crippen molar-refractivity contribution in [2.45, 2.75) is 58.2 Å². The van der Waals surface area contributed by atoms with Crippen molar-refractivity contribution < 1.29 is 9.47 Å². The molecule has 0 bridgehead atoms. The number of aromatic nitrogens is 3. The van der Waals surface area contributed by atoms with E-state index in [1.165, 1.54) is 0 Å². The maximum Gasteiger partial charge on any atom is 0.191 e. The highest BCUT2D eigenvalue weighted by Gasteiger charge is 2.23. The van der Waals surface area contributed by atoms with Gasteiger partial charge in [0, 0.05) is 25.4 Å². The maximum atomic E-state index is 5.95. The highest BCUT2D eigenvalue weighted by atomic mass is 127. The van der Waals surface area contributed by atoms with E-state index in [0.29, 0.717) is 12.5 Å². The van der Waals surface area contributed by atoms with E-state index in [0.717, 1.165) is 48.5 Å². The summed E-state index contributed by atoms with van der Waals surface area (Å²) < 4.78 is 13.1. The number of aryl methyl sites for hydroxylation is 1. The minimum atomic E-state index is -0.0104. The number of benzene rings is 1. The molecule has 1 aromatic carbocycles. The molecule has 0 amide bonds. The molecule has 2 aromatic rings. The van der Waals surface area contributed by atoms with Gasteiger partial charge in [-0.05, 0) is 37.6 Å². The van der Waals surface area contributed by atoms with Gasteiger partial charge < -0.3 is 20.1 Å². The minimum Gasteiger partial charge on any atom is -0.497 e. The third kappa shape index (κ3) is 6.48. The standard InChI is InChI=1S/C21H32N6O2.HI/c1-14(2)20-25-19-11-6-16(13-27(19)26-20)24-21(22-4)23-12-15(3)29-18-9-7-17(28-5)8-10-18;/h7-10,14-16H,6,11-13H2,1-5H3,(H2,22,23,24);1H. The van der Waals surface area contributed by atoms with Gasteiger partial charge in [-0.2, -0.15) is 5.10 Å². The van der Waals surface area contributed by atoms with Crippen LogP contribution in [0.2, 0.25) is 0 Å². The second kappa shape index (κ2) is 11.4. The van der Waals surface area contributed by atoms with Crippen LogP contribution in [0.1, 0.15) is 44.8 Å². The Labute approximate surface area is 195 Å². The smallest absolute Gasteiger partial charge is 0.191 e. The lowest BCUT2D eigenvalue weighted by Crippen LogP contribution is -2.48. The number of guanidine groups is 1. The molecule has 0 radical (unpaired) electrons. The van der Waals surface area contributed by atoms with Crippen LogP contribution in [0.15, 0.2) is 29.3 Å². The maximum absolute atomic E-state index is 5.95. The topological polar surface area (TPSA) is 85.6 Å². The molecule has 1 aromatic heterocycles. The van der Waals surface area contributed by atoms with Gasteiger partial charge in [0.15, 0.2) is 11.8 Å². The average Bonchev–Trinajstić information content (AvgIpc) is 3.15. The van der Waals surface area contributed by atoms with Gasteiger partial charge in [0.25, 0.3) is 0 Å². The van der Waals surface area contributed by atoms with Crippen molar-refractivity contribution in [1.29, 1.82) is 0 Å². The van der Waals surface area contributed by atoms with Crippen molar-refractivity contribution in [2.75, 3.05) is 20.7 Å². The number of hydrogen-bond donors (Lipinski definition) is 2. The van der Waals surface area contributed by atoms with Crippen molar-refractivity contribution in [2.24, 2.45) is 4.99 Å². The molecule has 3 rings (SSSR count). The lowest BCUT2D eigenvalue weighted by Gasteiger charge is -2.26. The molecule has 8 nitrogen and oxygen atoms in total. The number of aliphatic imine (C=N–C) groups is 1. The van der Waals surface area contributed by atoms with Gasteiger partial charge in [0.05, 0.1) is 20.2 Å². The molecule has 0 fully saturated rings. The molecule has 2 heterocycles. The number of ether oxygens (including phenoxy) is 2. The van der Waals surface area contributed by atoms with E-state index < -0.39 is 0 Å². The van der Waals surface area contributed by atoms with Gasteiger partial charge in [-0.15, -0.1) is 24.0 Å². The number of halogens is 1. The Morgan fingerprint density at radius 3 is 2.57 bits per heavy atom. The third-order valence-corrected chi connectivity index (χ3v) is 4.91. The fraction of sp³-hybridized carbons (Fsp3) is 0.571. The van der Waals surface area contributed by atoms with Crippen LogP contribution in [-0.2, 0) is 13.0 Å². The Morgan fingerprint density at radius 2 is 1.93 bits per heavy atom. The van der Waals surface area contributed by atoms with Crippen molar-refractivity contribution in [3.8, 4) is 11.5 Å². The summed E-state index contributed by atoms with van der Waals surface area (Å²) in [5, 5.41) is 11.5. The average molecular weight is 528 g/mol. The molecule has 9 heteroatoms. The number of nitrogens with zero attached hydrogens (tertiary/aromatic N) is 4. The number of hydrogen-bond acceptors (Lipinski definition) is 5. The monoisotopic (exact) mass is 528 g/mol. The summed E-state index contributed by atoms with van der Waals surface area (Å²) in [5.41, 5.74) is 0. The van der Waals surface area contributed by atoms with E-state index in [1.807, 2.05) is 35.9 Å². The molecule has 2 atom stereocenters. The number of nitrogens with one attached hydrogen (secondary N) is 2. The van der Waals surface area contributed by atoms with Crippen LogP contribution in [0.25, 0.3) is 0 Å². The zero-order valence-corrected chi connectivity index (χ0v) is 20.7. The Hall–Kier alpha value is -2.04. The zero-order valence-electron chi connectivity index (χ0n) is 18.4. The lowest BCUT2D eigenvalue weighted by molar-refractivity contribution is 0.223.